The van der Waals surface area contributed by atoms with E-state index in [4.69, 9.17) is 0 Å². The van der Waals surface area contributed by atoms with Crippen molar-refractivity contribution in [2.75, 3.05) is 11.9 Å². The first-order valence-corrected chi connectivity index (χ1v) is 7.75. The van der Waals surface area contributed by atoms with Crippen LogP contribution >= 0.6 is 11.8 Å². The number of hydrazone groups is 1. The SMILES string of the molecule is O=C(Nc1ccccc1)C1=NNCC=C1Sc1ccccc1. The Labute approximate surface area is 133 Å². The van der Waals surface area contributed by atoms with Gasteiger partial charge in [-0.3, -0.25) is 4.79 Å². The lowest BCUT2D eigenvalue weighted by atomic mass is 10.2. The molecule has 0 atom stereocenters. The Hall–Kier alpha value is -2.53. The number of anilines is 1. The van der Waals surface area contributed by atoms with Gasteiger partial charge in [-0.15, -0.1) is 0 Å². The number of amides is 1. The predicted octanol–water partition coefficient (Wildman–Crippen LogP) is 3.26. The van der Waals surface area contributed by atoms with Crippen LogP contribution in [0.5, 0.6) is 0 Å². The van der Waals surface area contributed by atoms with Crippen molar-refractivity contribution in [1.29, 1.82) is 0 Å². The zero-order valence-corrected chi connectivity index (χ0v) is 12.6. The van der Waals surface area contributed by atoms with Gasteiger partial charge in [0.2, 0.25) is 0 Å². The highest BCUT2D eigenvalue weighted by molar-refractivity contribution is 8.04. The highest BCUT2D eigenvalue weighted by atomic mass is 32.2. The van der Waals surface area contributed by atoms with Gasteiger partial charge in [-0.05, 0) is 30.3 Å². The van der Waals surface area contributed by atoms with E-state index >= 15 is 0 Å². The van der Waals surface area contributed by atoms with Crippen molar-refractivity contribution in [2.24, 2.45) is 5.10 Å². The molecule has 2 aromatic rings. The Kier molecular flexibility index (Phi) is 4.56. The van der Waals surface area contributed by atoms with Crippen molar-refractivity contribution in [3.8, 4) is 0 Å². The minimum atomic E-state index is -0.215. The van der Waals surface area contributed by atoms with E-state index in [1.807, 2.05) is 66.7 Å². The highest BCUT2D eigenvalue weighted by Crippen LogP contribution is 2.28. The van der Waals surface area contributed by atoms with Gasteiger partial charge in [0.1, 0.15) is 0 Å². The fourth-order valence-electron chi connectivity index (χ4n) is 1.99. The summed E-state index contributed by atoms with van der Waals surface area (Å²) >= 11 is 1.54. The molecule has 5 heteroatoms. The zero-order chi connectivity index (χ0) is 15.2. The Morgan fingerprint density at radius 2 is 1.73 bits per heavy atom. The molecule has 1 amide bonds. The molecule has 0 bridgehead atoms. The monoisotopic (exact) mass is 309 g/mol. The summed E-state index contributed by atoms with van der Waals surface area (Å²) in [4.78, 5) is 14.4. The fourth-order valence-corrected chi connectivity index (χ4v) is 2.94. The Morgan fingerprint density at radius 3 is 2.45 bits per heavy atom. The summed E-state index contributed by atoms with van der Waals surface area (Å²) in [5.74, 6) is -0.215. The normalized spacial score (nSPS) is 13.6. The summed E-state index contributed by atoms with van der Waals surface area (Å²) < 4.78 is 0. The minimum Gasteiger partial charge on any atom is -0.321 e. The molecule has 22 heavy (non-hydrogen) atoms. The number of thioether (sulfide) groups is 1. The summed E-state index contributed by atoms with van der Waals surface area (Å²) in [6.07, 6.45) is 1.98. The number of nitrogens with zero attached hydrogens (tertiary/aromatic N) is 1. The molecular formula is C17H15N3OS. The van der Waals surface area contributed by atoms with Gasteiger partial charge in [-0.2, -0.15) is 5.10 Å². The summed E-state index contributed by atoms with van der Waals surface area (Å²) in [7, 11) is 0. The first-order valence-electron chi connectivity index (χ1n) is 6.93. The standard InChI is InChI=1S/C17H15N3OS/c21-17(19-13-7-3-1-4-8-13)16-15(11-12-18-20-16)22-14-9-5-2-6-10-14/h1-11,18H,12H2,(H,19,21). The molecule has 1 aliphatic rings. The van der Waals surface area contributed by atoms with Crippen LogP contribution in [0.1, 0.15) is 0 Å². The molecule has 1 aliphatic heterocycles. The van der Waals surface area contributed by atoms with Crippen molar-refractivity contribution in [1.82, 2.24) is 5.43 Å². The first kappa shape index (κ1) is 14.4. The molecule has 3 rings (SSSR count). The minimum absolute atomic E-state index is 0.215. The van der Waals surface area contributed by atoms with E-state index < -0.39 is 0 Å². The van der Waals surface area contributed by atoms with Crippen molar-refractivity contribution < 1.29 is 4.79 Å². The van der Waals surface area contributed by atoms with Gasteiger partial charge >= 0.3 is 0 Å². The first-order chi connectivity index (χ1) is 10.8. The maximum atomic E-state index is 12.4. The molecule has 0 fully saturated rings. The van der Waals surface area contributed by atoms with Crippen LogP contribution in [0.25, 0.3) is 0 Å². The van der Waals surface area contributed by atoms with Crippen LogP contribution in [0.3, 0.4) is 0 Å². The lowest BCUT2D eigenvalue weighted by molar-refractivity contribution is -0.110. The third-order valence-corrected chi connectivity index (χ3v) is 4.11. The van der Waals surface area contributed by atoms with Crippen LogP contribution < -0.4 is 10.7 Å². The molecule has 0 unspecified atom stereocenters. The Morgan fingerprint density at radius 1 is 1.05 bits per heavy atom. The second-order valence-corrected chi connectivity index (χ2v) is 5.74. The molecule has 0 saturated carbocycles. The number of para-hydroxylation sites is 1. The van der Waals surface area contributed by atoms with Gasteiger partial charge in [-0.1, -0.05) is 48.2 Å². The topological polar surface area (TPSA) is 53.5 Å². The van der Waals surface area contributed by atoms with Gasteiger partial charge in [-0.25, -0.2) is 0 Å². The molecule has 110 valence electrons. The van der Waals surface area contributed by atoms with Gasteiger partial charge in [0.05, 0.1) is 6.54 Å². The van der Waals surface area contributed by atoms with E-state index in [2.05, 4.69) is 15.8 Å². The van der Waals surface area contributed by atoms with E-state index in [1.165, 1.54) is 0 Å². The van der Waals surface area contributed by atoms with Crippen LogP contribution in [-0.4, -0.2) is 18.2 Å². The summed E-state index contributed by atoms with van der Waals surface area (Å²) in [5.41, 5.74) is 4.02. The number of hydrogen-bond acceptors (Lipinski definition) is 4. The van der Waals surface area contributed by atoms with Crippen LogP contribution in [-0.2, 0) is 4.79 Å². The number of rotatable bonds is 4. The molecule has 0 aromatic heterocycles. The Balaban J connectivity index is 1.75. The molecule has 1 heterocycles. The number of benzene rings is 2. The largest absolute Gasteiger partial charge is 0.321 e. The third-order valence-electron chi connectivity index (χ3n) is 3.02. The summed E-state index contributed by atoms with van der Waals surface area (Å²) in [6.45, 7) is 0.622. The number of carbonyl (C=O) groups is 1. The van der Waals surface area contributed by atoms with Crippen LogP contribution in [0.2, 0.25) is 0 Å². The molecule has 0 radical (unpaired) electrons. The van der Waals surface area contributed by atoms with E-state index in [1.54, 1.807) is 11.8 Å². The summed E-state index contributed by atoms with van der Waals surface area (Å²) in [6, 6.07) is 19.3. The average Bonchev–Trinajstić information content (AvgIpc) is 2.57. The van der Waals surface area contributed by atoms with E-state index in [9.17, 15) is 4.79 Å². The van der Waals surface area contributed by atoms with E-state index in [0.29, 0.717) is 12.3 Å². The van der Waals surface area contributed by atoms with Crippen LogP contribution in [0.15, 0.2) is 81.6 Å². The van der Waals surface area contributed by atoms with Gasteiger partial charge in [0.25, 0.3) is 5.91 Å². The molecule has 0 spiro atoms. The quantitative estimate of drug-likeness (QED) is 0.911. The second kappa shape index (κ2) is 6.95. The average molecular weight is 309 g/mol. The van der Waals surface area contributed by atoms with Gasteiger partial charge < -0.3 is 10.7 Å². The highest BCUT2D eigenvalue weighted by Gasteiger charge is 2.20. The van der Waals surface area contributed by atoms with Gasteiger partial charge in [0.15, 0.2) is 5.71 Å². The molecule has 0 aliphatic carbocycles. The third kappa shape index (κ3) is 3.56. The second-order valence-electron chi connectivity index (χ2n) is 4.63. The van der Waals surface area contributed by atoms with Crippen molar-refractivity contribution in [3.63, 3.8) is 0 Å². The molecule has 2 N–H and O–H groups in total. The fraction of sp³-hybridized carbons (Fsp3) is 0.0588. The molecular weight excluding hydrogens is 294 g/mol. The van der Waals surface area contributed by atoms with E-state index in [0.717, 1.165) is 15.5 Å². The van der Waals surface area contributed by atoms with Crippen molar-refractivity contribution in [3.05, 3.63) is 71.6 Å². The van der Waals surface area contributed by atoms with E-state index in [-0.39, 0.29) is 5.91 Å². The number of nitrogens with one attached hydrogen (secondary N) is 2. The number of hydrogen-bond donors (Lipinski definition) is 2. The maximum Gasteiger partial charge on any atom is 0.277 e. The lowest BCUT2D eigenvalue weighted by Crippen LogP contribution is -2.29. The van der Waals surface area contributed by atoms with Crippen LogP contribution in [0.4, 0.5) is 5.69 Å². The lowest BCUT2D eigenvalue weighted by Gasteiger charge is -2.15. The zero-order valence-electron chi connectivity index (χ0n) is 11.8. The number of carbonyl (C=O) groups excluding carboxylic acids is 1. The molecule has 0 saturated heterocycles. The van der Waals surface area contributed by atoms with Gasteiger partial charge in [0, 0.05) is 15.5 Å². The smallest absolute Gasteiger partial charge is 0.277 e. The predicted molar refractivity (Wildman–Crippen MR) is 90.9 cm³/mol. The Bertz CT molecular complexity index is 711. The summed E-state index contributed by atoms with van der Waals surface area (Å²) in [5, 5.41) is 7.03. The molecule has 4 nitrogen and oxygen atoms in total. The maximum absolute atomic E-state index is 12.4. The van der Waals surface area contributed by atoms with Crippen molar-refractivity contribution >= 4 is 29.1 Å². The van der Waals surface area contributed by atoms with Crippen molar-refractivity contribution in [2.45, 2.75) is 4.90 Å². The molecule has 2 aromatic carbocycles. The van der Waals surface area contributed by atoms with Crippen LogP contribution in [0, 0.1) is 0 Å².